The molecule has 1 aromatic heterocycles. The van der Waals surface area contributed by atoms with Crippen LogP contribution >= 0.6 is 0 Å². The molecule has 2 heterocycles. The van der Waals surface area contributed by atoms with Crippen LogP contribution in [-0.4, -0.2) is 57.7 Å². The van der Waals surface area contributed by atoms with Crippen LogP contribution in [0.1, 0.15) is 18.4 Å². The predicted octanol–water partition coefficient (Wildman–Crippen LogP) is 3.91. The lowest BCUT2D eigenvalue weighted by atomic mass is 9.78. The zero-order valence-electron chi connectivity index (χ0n) is 22.0. The number of carboxylic acids is 1. The molecule has 0 aliphatic carbocycles. The lowest BCUT2D eigenvalue weighted by Gasteiger charge is -2.37. The average Bonchev–Trinajstić information content (AvgIpc) is 3.47. The minimum Gasteiger partial charge on any atom is -0.480 e. The van der Waals surface area contributed by atoms with E-state index >= 15 is 0 Å². The monoisotopic (exact) mass is 558 g/mol. The van der Waals surface area contributed by atoms with Crippen molar-refractivity contribution in [3.8, 4) is 34.0 Å². The van der Waals surface area contributed by atoms with Crippen LogP contribution in [0.25, 0.3) is 34.0 Å². The predicted molar refractivity (Wildman–Crippen MR) is 145 cm³/mol. The number of halogens is 1. The molecular formula is C30H27FN4O6. The average molecular weight is 559 g/mol. The van der Waals surface area contributed by atoms with Crippen molar-refractivity contribution >= 4 is 17.8 Å². The van der Waals surface area contributed by atoms with Gasteiger partial charge in [-0.3, -0.25) is 19.3 Å². The van der Waals surface area contributed by atoms with Crippen molar-refractivity contribution < 1.29 is 33.1 Å². The summed E-state index contributed by atoms with van der Waals surface area (Å²) in [6, 6.07) is 21.5. The molecule has 1 fully saturated rings. The minimum absolute atomic E-state index is 0.0522. The number of nitrogens with two attached hydrogens (primary N) is 1. The fourth-order valence-corrected chi connectivity index (χ4v) is 4.85. The second-order valence-electron chi connectivity index (χ2n) is 9.89. The fraction of sp³-hybridized carbons (Fsp3) is 0.233. The summed E-state index contributed by atoms with van der Waals surface area (Å²) in [6.45, 7) is 0.598. The number of aromatic nitrogens is 2. The van der Waals surface area contributed by atoms with E-state index in [1.54, 1.807) is 12.1 Å². The molecule has 1 aliphatic rings. The molecule has 41 heavy (non-hydrogen) atoms. The van der Waals surface area contributed by atoms with Crippen LogP contribution < -0.4 is 5.73 Å². The molecule has 0 radical (unpaired) electrons. The Kier molecular flexibility index (Phi) is 7.88. The standard InChI is InChI=1S/C30H27FN4O6/c31-24-16-22(10-11-23(24)20-4-2-1-3-5-20)27-33-26(34-41-27)21-8-6-19(7-9-21)17-35-14-12-30(13-15-35,28(37)38)29(39)40-18-25(32)36/h1-11,16H,12-15,17-18H2,(H2,32,36)(H,37,38). The van der Waals surface area contributed by atoms with Crippen molar-refractivity contribution in [1.82, 2.24) is 15.0 Å². The van der Waals surface area contributed by atoms with Crippen LogP contribution in [0.3, 0.4) is 0 Å². The van der Waals surface area contributed by atoms with Gasteiger partial charge in [-0.2, -0.15) is 4.98 Å². The second-order valence-corrected chi connectivity index (χ2v) is 9.89. The van der Waals surface area contributed by atoms with Gasteiger partial charge in [0.25, 0.3) is 11.8 Å². The molecule has 0 unspecified atom stereocenters. The van der Waals surface area contributed by atoms with Crippen molar-refractivity contribution in [1.29, 1.82) is 0 Å². The number of carboxylic acid groups (broad SMARTS) is 1. The van der Waals surface area contributed by atoms with Gasteiger partial charge in [0.05, 0.1) is 0 Å². The van der Waals surface area contributed by atoms with E-state index in [0.29, 0.717) is 42.1 Å². The van der Waals surface area contributed by atoms with Crippen molar-refractivity contribution in [2.45, 2.75) is 19.4 Å². The van der Waals surface area contributed by atoms with Crippen molar-refractivity contribution in [2.24, 2.45) is 11.1 Å². The zero-order valence-corrected chi connectivity index (χ0v) is 22.0. The van der Waals surface area contributed by atoms with E-state index in [4.69, 9.17) is 15.0 Å². The molecular weight excluding hydrogens is 531 g/mol. The first-order valence-electron chi connectivity index (χ1n) is 12.9. The first-order valence-corrected chi connectivity index (χ1v) is 12.9. The van der Waals surface area contributed by atoms with Gasteiger partial charge in [-0.05, 0) is 36.1 Å². The quantitative estimate of drug-likeness (QED) is 0.230. The van der Waals surface area contributed by atoms with E-state index < -0.39 is 35.7 Å². The number of ether oxygens (including phenoxy) is 1. The van der Waals surface area contributed by atoms with Gasteiger partial charge in [0.15, 0.2) is 12.0 Å². The molecule has 0 saturated carbocycles. The number of rotatable bonds is 9. The van der Waals surface area contributed by atoms with Gasteiger partial charge in [-0.15, -0.1) is 0 Å². The summed E-state index contributed by atoms with van der Waals surface area (Å²) in [7, 11) is 0. The molecule has 1 aliphatic heterocycles. The maximum Gasteiger partial charge on any atom is 0.324 e. The fourth-order valence-electron chi connectivity index (χ4n) is 4.85. The molecule has 210 valence electrons. The number of hydrogen-bond acceptors (Lipinski definition) is 8. The zero-order chi connectivity index (χ0) is 29.0. The molecule has 0 atom stereocenters. The Balaban J connectivity index is 1.21. The van der Waals surface area contributed by atoms with Crippen LogP contribution in [0.2, 0.25) is 0 Å². The highest BCUT2D eigenvalue weighted by Gasteiger charge is 2.49. The number of carbonyl (C=O) groups is 3. The lowest BCUT2D eigenvalue weighted by molar-refractivity contribution is -0.174. The normalized spacial score (nSPS) is 14.9. The topological polar surface area (TPSA) is 149 Å². The van der Waals surface area contributed by atoms with Gasteiger partial charge in [0.1, 0.15) is 5.82 Å². The maximum absolute atomic E-state index is 14.8. The number of benzene rings is 3. The number of esters is 1. The van der Waals surface area contributed by atoms with Crippen molar-refractivity contribution in [3.63, 3.8) is 0 Å². The number of amides is 1. The Morgan fingerprint density at radius 3 is 2.29 bits per heavy atom. The lowest BCUT2D eigenvalue weighted by Crippen LogP contribution is -2.49. The van der Waals surface area contributed by atoms with Gasteiger partial charge in [0, 0.05) is 36.3 Å². The van der Waals surface area contributed by atoms with Gasteiger partial charge in [-0.25, -0.2) is 4.39 Å². The summed E-state index contributed by atoms with van der Waals surface area (Å²) in [5.41, 5.74) is 6.71. The Hall–Kier alpha value is -4.90. The van der Waals surface area contributed by atoms with Crippen molar-refractivity contribution in [2.75, 3.05) is 19.7 Å². The van der Waals surface area contributed by atoms with Gasteiger partial charge < -0.3 is 20.1 Å². The van der Waals surface area contributed by atoms with Crippen LogP contribution in [0, 0.1) is 11.2 Å². The summed E-state index contributed by atoms with van der Waals surface area (Å²) in [5.74, 6) is -2.89. The summed E-state index contributed by atoms with van der Waals surface area (Å²) >= 11 is 0. The van der Waals surface area contributed by atoms with Crippen LogP contribution in [0.5, 0.6) is 0 Å². The van der Waals surface area contributed by atoms with Crippen LogP contribution in [-0.2, 0) is 25.7 Å². The molecule has 1 amide bonds. The van der Waals surface area contributed by atoms with Gasteiger partial charge in [0.2, 0.25) is 5.82 Å². The van der Waals surface area contributed by atoms with Crippen LogP contribution in [0.4, 0.5) is 4.39 Å². The van der Waals surface area contributed by atoms with Crippen molar-refractivity contribution in [3.05, 3.63) is 84.2 Å². The highest BCUT2D eigenvalue weighted by molar-refractivity contribution is 5.99. The molecule has 5 rings (SSSR count). The molecule has 0 spiro atoms. The molecule has 1 saturated heterocycles. The van der Waals surface area contributed by atoms with E-state index in [9.17, 15) is 23.9 Å². The van der Waals surface area contributed by atoms with Gasteiger partial charge in [-0.1, -0.05) is 65.8 Å². The second kappa shape index (κ2) is 11.7. The Bertz CT molecular complexity index is 1560. The van der Waals surface area contributed by atoms with E-state index in [1.165, 1.54) is 6.07 Å². The summed E-state index contributed by atoms with van der Waals surface area (Å²) in [4.78, 5) is 41.7. The summed E-state index contributed by atoms with van der Waals surface area (Å²) < 4.78 is 25.0. The molecule has 3 aromatic carbocycles. The molecule has 3 N–H and O–H groups in total. The number of primary amides is 1. The third kappa shape index (κ3) is 5.99. The smallest absolute Gasteiger partial charge is 0.324 e. The Labute approximate surface area is 234 Å². The first kappa shape index (κ1) is 27.7. The molecule has 4 aromatic rings. The number of aliphatic carboxylic acids is 1. The summed E-state index contributed by atoms with van der Waals surface area (Å²) in [6.07, 6.45) is 0.104. The SMILES string of the molecule is NC(=O)COC(=O)C1(C(=O)O)CCN(Cc2ccc(-c3noc(-c4ccc(-c5ccccc5)c(F)c4)n3)cc2)CC1. The largest absolute Gasteiger partial charge is 0.480 e. The molecule has 0 bridgehead atoms. The van der Waals surface area contributed by atoms with Crippen LogP contribution in [0.15, 0.2) is 77.3 Å². The Morgan fingerprint density at radius 1 is 0.976 bits per heavy atom. The van der Waals surface area contributed by atoms with E-state index in [2.05, 4.69) is 10.1 Å². The summed E-state index contributed by atoms with van der Waals surface area (Å²) in [5, 5.41) is 13.8. The number of carbonyl (C=O) groups excluding carboxylic acids is 2. The third-order valence-corrected chi connectivity index (χ3v) is 7.20. The number of likely N-dealkylation sites (tertiary alicyclic amines) is 1. The first-order chi connectivity index (χ1) is 19.7. The Morgan fingerprint density at radius 2 is 1.66 bits per heavy atom. The number of hydrogen-bond donors (Lipinski definition) is 2. The molecule has 10 nitrogen and oxygen atoms in total. The van der Waals surface area contributed by atoms with E-state index in [1.807, 2.05) is 59.5 Å². The third-order valence-electron chi connectivity index (χ3n) is 7.20. The molecule has 11 heteroatoms. The van der Waals surface area contributed by atoms with E-state index in [0.717, 1.165) is 11.1 Å². The minimum atomic E-state index is -1.70. The number of piperidine rings is 1. The highest BCUT2D eigenvalue weighted by Crippen LogP contribution is 2.34. The van der Waals surface area contributed by atoms with Gasteiger partial charge >= 0.3 is 11.9 Å². The number of nitrogens with zero attached hydrogens (tertiary/aromatic N) is 3. The maximum atomic E-state index is 14.8. The highest BCUT2D eigenvalue weighted by atomic mass is 19.1. The van der Waals surface area contributed by atoms with E-state index in [-0.39, 0.29) is 18.7 Å².